The van der Waals surface area contributed by atoms with Gasteiger partial charge in [-0.05, 0) is 48.7 Å². The van der Waals surface area contributed by atoms with Crippen molar-refractivity contribution in [1.29, 1.82) is 0 Å². The van der Waals surface area contributed by atoms with Crippen LogP contribution in [0.3, 0.4) is 0 Å². The van der Waals surface area contributed by atoms with E-state index in [-0.39, 0.29) is 19.4 Å². The van der Waals surface area contributed by atoms with Gasteiger partial charge in [-0.3, -0.25) is 4.79 Å². The largest absolute Gasteiger partial charge is 0.464 e. The minimum absolute atomic E-state index is 0.0732. The van der Waals surface area contributed by atoms with E-state index in [0.717, 1.165) is 5.69 Å². The molecule has 0 aliphatic rings. The average molecular weight is 499 g/mol. The van der Waals surface area contributed by atoms with Crippen molar-refractivity contribution < 1.29 is 20.1 Å². The Hall–Kier alpha value is -2.35. The number of amides is 1. The number of carbonyl (C=O) groups is 2. The lowest BCUT2D eigenvalue weighted by Crippen LogP contribution is -2.50. The van der Waals surface area contributed by atoms with Crippen molar-refractivity contribution in [2.75, 3.05) is 36.4 Å². The fourth-order valence-corrected chi connectivity index (χ4v) is 3.65. The Balaban J connectivity index is 2.10. The van der Waals surface area contributed by atoms with Crippen LogP contribution >= 0.6 is 23.2 Å². The number of nitrogens with zero attached hydrogens (tertiary/aromatic N) is 1. The molecular weight excluding hydrogens is 468 g/mol. The number of esters is 1. The highest BCUT2D eigenvalue weighted by Crippen LogP contribution is 2.16. The summed E-state index contributed by atoms with van der Waals surface area (Å²) < 4.78 is 26.7. The third-order valence-electron chi connectivity index (χ3n) is 4.93. The molecule has 0 heterocycles. The monoisotopic (exact) mass is 498 g/mol. The number of nitrogens with one attached hydrogen (secondary N) is 1. The average Bonchev–Trinajstić information content (AvgIpc) is 2.80. The fraction of sp³-hybridized carbons (Fsp3) is 0.417. The van der Waals surface area contributed by atoms with Gasteiger partial charge in [0, 0.05) is 37.0 Å². The van der Waals surface area contributed by atoms with Gasteiger partial charge in [-0.2, -0.15) is 0 Å². The van der Waals surface area contributed by atoms with Crippen molar-refractivity contribution in [2.24, 2.45) is 5.73 Å². The van der Waals surface area contributed by atoms with Gasteiger partial charge in [0.05, 0.1) is 14.0 Å². The molecule has 0 spiro atoms. The maximum atomic E-state index is 13.2. The lowest BCUT2D eigenvalue weighted by atomic mass is 10.0. The first-order valence-electron chi connectivity index (χ1n) is 11.2. The fourth-order valence-electron chi connectivity index (χ4n) is 3.24. The summed E-state index contributed by atoms with van der Waals surface area (Å²) in [5.41, 5.74) is 8.26. The van der Waals surface area contributed by atoms with Gasteiger partial charge in [0.15, 0.2) is 0 Å². The lowest BCUT2D eigenvalue weighted by molar-refractivity contribution is -0.147. The second-order valence-corrected chi connectivity index (χ2v) is 8.10. The summed E-state index contributed by atoms with van der Waals surface area (Å²) in [6, 6.07) is 9.77. The Labute approximate surface area is 205 Å². The number of carbonyl (C=O) groups excluding carboxylic acids is 2. The summed E-state index contributed by atoms with van der Waals surface area (Å²) in [4.78, 5) is 27.3. The summed E-state index contributed by atoms with van der Waals surface area (Å²) in [6.45, 7) is 3.05. The highest BCUT2D eigenvalue weighted by Gasteiger charge is 2.25. The standard InChI is InChI=1S/C24H30Cl2FN3O3/c1-2-33-24(32)22(16-18-3-7-19(27)8-4-18)29-23(31)21(28)15-17-5-9-20(10-6-17)30(13-11-25)14-12-26/h3-10,21-22H,2,11-16,28H2,1H3,(H,29,31)/i21D. The number of rotatable bonds is 13. The molecule has 2 aromatic carbocycles. The second kappa shape index (κ2) is 14.0. The van der Waals surface area contributed by atoms with E-state index in [4.69, 9.17) is 35.0 Å². The molecule has 2 atom stereocenters. The third-order valence-corrected chi connectivity index (χ3v) is 5.26. The van der Waals surface area contributed by atoms with Gasteiger partial charge >= 0.3 is 5.97 Å². The smallest absolute Gasteiger partial charge is 0.328 e. The van der Waals surface area contributed by atoms with E-state index in [0.29, 0.717) is 36.0 Å². The van der Waals surface area contributed by atoms with Crippen molar-refractivity contribution >= 4 is 40.8 Å². The van der Waals surface area contributed by atoms with E-state index >= 15 is 0 Å². The molecule has 9 heteroatoms. The van der Waals surface area contributed by atoms with E-state index in [1.54, 1.807) is 19.1 Å². The number of anilines is 1. The molecule has 3 N–H and O–H groups in total. The third kappa shape index (κ3) is 8.84. The van der Waals surface area contributed by atoms with Crippen LogP contribution in [0.4, 0.5) is 10.1 Å². The molecule has 2 aromatic rings. The molecule has 0 aliphatic heterocycles. The number of hydrogen-bond donors (Lipinski definition) is 2. The zero-order valence-electron chi connectivity index (χ0n) is 19.5. The van der Waals surface area contributed by atoms with Crippen LogP contribution < -0.4 is 16.0 Å². The number of halogens is 3. The summed E-state index contributed by atoms with van der Waals surface area (Å²) in [7, 11) is 0. The molecule has 6 nitrogen and oxygen atoms in total. The normalized spacial score (nSPS) is 14.0. The molecule has 180 valence electrons. The second-order valence-electron chi connectivity index (χ2n) is 7.34. The van der Waals surface area contributed by atoms with E-state index < -0.39 is 29.8 Å². The van der Waals surface area contributed by atoms with E-state index in [9.17, 15) is 14.0 Å². The van der Waals surface area contributed by atoms with Crippen molar-refractivity contribution in [2.45, 2.75) is 31.8 Å². The molecule has 0 fully saturated rings. The molecule has 0 radical (unpaired) electrons. The zero-order chi connectivity index (χ0) is 25.1. The van der Waals surface area contributed by atoms with Crippen molar-refractivity contribution in [3.05, 3.63) is 65.5 Å². The Kier molecular flexibility index (Phi) is 10.7. The van der Waals surface area contributed by atoms with Crippen molar-refractivity contribution in [3.8, 4) is 0 Å². The molecule has 0 saturated heterocycles. The first-order valence-corrected chi connectivity index (χ1v) is 11.7. The Bertz CT molecular complexity index is 924. The number of nitrogens with two attached hydrogens (primary N) is 1. The first kappa shape index (κ1) is 25.3. The van der Waals surface area contributed by atoms with Gasteiger partial charge in [0.2, 0.25) is 5.91 Å². The molecule has 0 bridgehead atoms. The van der Waals surface area contributed by atoms with Crippen molar-refractivity contribution in [1.82, 2.24) is 5.32 Å². The van der Waals surface area contributed by atoms with Crippen LogP contribution in [0.15, 0.2) is 48.5 Å². The van der Waals surface area contributed by atoms with Gasteiger partial charge < -0.3 is 20.7 Å². The topological polar surface area (TPSA) is 84.7 Å². The molecule has 0 aromatic heterocycles. The van der Waals surface area contributed by atoms with Crippen LogP contribution in [0.25, 0.3) is 0 Å². The minimum atomic E-state index is -2.03. The van der Waals surface area contributed by atoms with Gasteiger partial charge in [0.1, 0.15) is 11.9 Å². The van der Waals surface area contributed by atoms with E-state index in [1.165, 1.54) is 24.3 Å². The molecule has 2 rings (SSSR count). The predicted octanol–water partition coefficient (Wildman–Crippen LogP) is 3.27. The van der Waals surface area contributed by atoms with Crippen LogP contribution in [0.5, 0.6) is 0 Å². The van der Waals surface area contributed by atoms with Gasteiger partial charge in [-0.1, -0.05) is 24.3 Å². The molecule has 0 saturated carbocycles. The molecule has 2 unspecified atom stereocenters. The quantitative estimate of drug-likeness (QED) is 0.327. The van der Waals surface area contributed by atoms with Crippen LogP contribution in [-0.4, -0.2) is 55.4 Å². The first-order chi connectivity index (χ1) is 16.2. The highest BCUT2D eigenvalue weighted by molar-refractivity contribution is 6.18. The molecular formula is C24H30Cl2FN3O3. The van der Waals surface area contributed by atoms with Crippen LogP contribution in [0.1, 0.15) is 19.4 Å². The van der Waals surface area contributed by atoms with Crippen LogP contribution in [-0.2, 0) is 27.2 Å². The minimum Gasteiger partial charge on any atom is -0.464 e. The molecule has 1 amide bonds. The van der Waals surface area contributed by atoms with Gasteiger partial charge in [0.25, 0.3) is 0 Å². The number of hydrogen-bond acceptors (Lipinski definition) is 5. The predicted molar refractivity (Wildman–Crippen MR) is 130 cm³/mol. The Morgan fingerprint density at radius 3 is 2.15 bits per heavy atom. The summed E-state index contributed by atoms with van der Waals surface area (Å²) in [6.07, 6.45) is 0.00280. The SMILES string of the molecule is [2H]C(N)(Cc1ccc(N(CCCl)CCCl)cc1)C(=O)NC(Cc1ccc(F)cc1)C(=O)OCC. The highest BCUT2D eigenvalue weighted by atomic mass is 35.5. The molecule has 0 aliphatic carbocycles. The van der Waals surface area contributed by atoms with Crippen molar-refractivity contribution in [3.63, 3.8) is 0 Å². The summed E-state index contributed by atoms with van der Waals surface area (Å²) in [5.74, 6) is -0.970. The summed E-state index contributed by atoms with van der Waals surface area (Å²) >= 11 is 11.7. The van der Waals surface area contributed by atoms with Crippen LogP contribution in [0, 0.1) is 5.82 Å². The number of benzene rings is 2. The van der Waals surface area contributed by atoms with Gasteiger partial charge in [-0.15, -0.1) is 23.2 Å². The Morgan fingerprint density at radius 1 is 1.06 bits per heavy atom. The van der Waals surface area contributed by atoms with E-state index in [2.05, 4.69) is 5.32 Å². The number of alkyl halides is 2. The zero-order valence-corrected chi connectivity index (χ0v) is 20.0. The lowest BCUT2D eigenvalue weighted by Gasteiger charge is -2.23. The molecule has 33 heavy (non-hydrogen) atoms. The van der Waals surface area contributed by atoms with E-state index in [1.807, 2.05) is 17.0 Å². The maximum absolute atomic E-state index is 13.2. The van der Waals surface area contributed by atoms with Crippen LogP contribution in [0.2, 0.25) is 0 Å². The number of ether oxygens (including phenoxy) is 1. The summed E-state index contributed by atoms with van der Waals surface area (Å²) in [5, 5.41) is 2.53. The van der Waals surface area contributed by atoms with Gasteiger partial charge in [-0.25, -0.2) is 9.18 Å². The Morgan fingerprint density at radius 2 is 1.61 bits per heavy atom. The maximum Gasteiger partial charge on any atom is 0.328 e.